The fraction of sp³-hybridized carbons (Fsp3) is 0.162. The molecule has 0 spiro atoms. The number of ether oxygens (including phenoxy) is 3. The Bertz CT molecular complexity index is 2140. The average molecular weight is 686 g/mol. The van der Waals surface area contributed by atoms with Gasteiger partial charge in [-0.25, -0.2) is 9.79 Å². The van der Waals surface area contributed by atoms with Crippen LogP contribution in [-0.4, -0.2) is 23.8 Å². The Labute approximate surface area is 285 Å². The molecule has 0 radical (unpaired) electrons. The number of thiazole rings is 1. The Morgan fingerprint density at radius 2 is 1.66 bits per heavy atom. The molecular weight excluding hydrogens is 655 g/mol. The van der Waals surface area contributed by atoms with Gasteiger partial charge in [0.15, 0.2) is 4.80 Å². The number of esters is 1. The molecule has 2 heterocycles. The van der Waals surface area contributed by atoms with E-state index in [0.29, 0.717) is 54.3 Å². The van der Waals surface area contributed by atoms with E-state index in [9.17, 15) is 9.59 Å². The maximum atomic E-state index is 14.4. The van der Waals surface area contributed by atoms with E-state index < -0.39 is 12.0 Å². The number of fused-ring (bicyclic) bond motifs is 1. The molecule has 47 heavy (non-hydrogen) atoms. The number of carbonyl (C=O) groups is 1. The number of halogens is 2. The third-order valence-electron chi connectivity index (χ3n) is 7.48. The van der Waals surface area contributed by atoms with Crippen LogP contribution >= 0.6 is 34.5 Å². The predicted octanol–water partition coefficient (Wildman–Crippen LogP) is 7.22. The lowest BCUT2D eigenvalue weighted by Gasteiger charge is -2.26. The van der Waals surface area contributed by atoms with E-state index in [-0.39, 0.29) is 24.3 Å². The number of carbonyl (C=O) groups excluding carboxylic acids is 1. The van der Waals surface area contributed by atoms with Crippen LogP contribution in [0.3, 0.4) is 0 Å². The van der Waals surface area contributed by atoms with Crippen molar-refractivity contribution in [2.45, 2.75) is 26.5 Å². The molecule has 1 atom stereocenters. The lowest BCUT2D eigenvalue weighted by atomic mass is 9.93. The lowest BCUT2D eigenvalue weighted by molar-refractivity contribution is -0.138. The highest BCUT2D eigenvalue weighted by molar-refractivity contribution is 7.07. The molecule has 1 aromatic heterocycles. The highest BCUT2D eigenvalue weighted by Gasteiger charge is 2.35. The van der Waals surface area contributed by atoms with Crippen molar-refractivity contribution in [3.05, 3.63) is 155 Å². The third-order valence-corrected chi connectivity index (χ3v) is 9.07. The summed E-state index contributed by atoms with van der Waals surface area (Å²) in [7, 11) is 0. The smallest absolute Gasteiger partial charge is 0.338 e. The number of nitrogens with zero attached hydrogens (tertiary/aromatic N) is 2. The van der Waals surface area contributed by atoms with Crippen molar-refractivity contribution < 1.29 is 19.0 Å². The summed E-state index contributed by atoms with van der Waals surface area (Å²) in [6, 6.07) is 28.7. The molecule has 1 aliphatic heterocycles. The van der Waals surface area contributed by atoms with Gasteiger partial charge in [0.2, 0.25) is 0 Å². The third kappa shape index (κ3) is 6.90. The summed E-state index contributed by atoms with van der Waals surface area (Å²) in [5, 5.41) is 1.08. The van der Waals surface area contributed by atoms with Crippen LogP contribution in [0.5, 0.6) is 11.5 Å². The van der Waals surface area contributed by atoms with Crippen molar-refractivity contribution >= 4 is 52.3 Å². The maximum absolute atomic E-state index is 14.4. The summed E-state index contributed by atoms with van der Waals surface area (Å²) < 4.78 is 19.3. The first-order valence-electron chi connectivity index (χ1n) is 15.0. The number of rotatable bonds is 10. The molecule has 0 bridgehead atoms. The zero-order chi connectivity index (χ0) is 32.9. The zero-order valence-electron chi connectivity index (χ0n) is 25.6. The van der Waals surface area contributed by atoms with Gasteiger partial charge in [-0.15, -0.1) is 0 Å². The molecule has 0 saturated heterocycles. The van der Waals surface area contributed by atoms with E-state index in [2.05, 4.69) is 0 Å². The summed E-state index contributed by atoms with van der Waals surface area (Å²) in [5.41, 5.74) is 3.27. The van der Waals surface area contributed by atoms with Crippen LogP contribution in [-0.2, 0) is 16.1 Å². The lowest BCUT2D eigenvalue weighted by Crippen LogP contribution is -2.40. The van der Waals surface area contributed by atoms with Gasteiger partial charge in [-0.3, -0.25) is 9.36 Å². The standard InChI is InChI=1S/C37H30Cl2N2O5S/c1-3-44-28-17-14-24(15-18-28)34-32(36(43)45-4-2)33(23-10-6-5-7-11-23)40-37-41(34)35(42)31(47-37)21-26-20-27(38)16-19-30(26)46-22-25-12-8-9-13-29(25)39/h5-21,34H,3-4,22H2,1-2H3/b31-21-/t34-/m1/s1. The molecule has 10 heteroatoms. The minimum absolute atomic E-state index is 0.163. The van der Waals surface area contributed by atoms with Crippen molar-refractivity contribution in [2.75, 3.05) is 13.2 Å². The van der Waals surface area contributed by atoms with Crippen LogP contribution in [0.4, 0.5) is 0 Å². The van der Waals surface area contributed by atoms with Gasteiger partial charge in [-0.1, -0.05) is 95.2 Å². The van der Waals surface area contributed by atoms with Gasteiger partial charge in [-0.05, 0) is 61.9 Å². The zero-order valence-corrected chi connectivity index (χ0v) is 27.9. The van der Waals surface area contributed by atoms with Crippen molar-refractivity contribution in [2.24, 2.45) is 4.99 Å². The molecule has 7 nitrogen and oxygen atoms in total. The van der Waals surface area contributed by atoms with Crippen LogP contribution < -0.4 is 24.4 Å². The highest BCUT2D eigenvalue weighted by atomic mass is 35.5. The molecule has 0 aliphatic carbocycles. The van der Waals surface area contributed by atoms with Crippen LogP contribution in [0, 0.1) is 0 Å². The largest absolute Gasteiger partial charge is 0.494 e. The Kier molecular flexibility index (Phi) is 9.92. The van der Waals surface area contributed by atoms with Crippen molar-refractivity contribution in [1.29, 1.82) is 0 Å². The minimum Gasteiger partial charge on any atom is -0.494 e. The second-order valence-corrected chi connectivity index (χ2v) is 12.3. The predicted molar refractivity (Wildman–Crippen MR) is 186 cm³/mol. The topological polar surface area (TPSA) is 79.1 Å². The van der Waals surface area contributed by atoms with Crippen LogP contribution in [0.25, 0.3) is 11.8 Å². The Hall–Kier alpha value is -4.63. The van der Waals surface area contributed by atoms with Gasteiger partial charge in [0, 0.05) is 26.7 Å². The molecule has 0 unspecified atom stereocenters. The minimum atomic E-state index is -0.811. The first-order valence-corrected chi connectivity index (χ1v) is 16.6. The van der Waals surface area contributed by atoms with E-state index in [1.54, 1.807) is 41.8 Å². The Morgan fingerprint density at radius 1 is 0.915 bits per heavy atom. The molecule has 1 aliphatic rings. The molecule has 6 rings (SSSR count). The van der Waals surface area contributed by atoms with E-state index in [1.165, 1.54) is 11.3 Å². The average Bonchev–Trinajstić information content (AvgIpc) is 3.39. The summed E-state index contributed by atoms with van der Waals surface area (Å²) >= 11 is 14.0. The Balaban J connectivity index is 1.54. The summed E-state index contributed by atoms with van der Waals surface area (Å²) in [6.45, 7) is 4.56. The van der Waals surface area contributed by atoms with E-state index >= 15 is 0 Å². The fourth-order valence-electron chi connectivity index (χ4n) is 5.34. The van der Waals surface area contributed by atoms with E-state index in [0.717, 1.165) is 11.1 Å². The molecule has 4 aromatic carbocycles. The van der Waals surface area contributed by atoms with Crippen molar-refractivity contribution in [1.82, 2.24) is 4.57 Å². The fourth-order valence-corrected chi connectivity index (χ4v) is 6.71. The van der Waals surface area contributed by atoms with Crippen LogP contribution in [0.2, 0.25) is 10.0 Å². The molecule has 5 aromatic rings. The summed E-state index contributed by atoms with van der Waals surface area (Å²) in [4.78, 5) is 33.4. The summed E-state index contributed by atoms with van der Waals surface area (Å²) in [5.74, 6) is 0.660. The highest BCUT2D eigenvalue weighted by Crippen LogP contribution is 2.36. The van der Waals surface area contributed by atoms with Crippen LogP contribution in [0.15, 0.2) is 112 Å². The monoisotopic (exact) mass is 684 g/mol. The molecule has 0 saturated carbocycles. The van der Waals surface area contributed by atoms with E-state index in [4.69, 9.17) is 42.4 Å². The number of aromatic nitrogens is 1. The van der Waals surface area contributed by atoms with Crippen molar-refractivity contribution in [3.8, 4) is 11.5 Å². The second kappa shape index (κ2) is 14.4. The van der Waals surface area contributed by atoms with Gasteiger partial charge in [-0.2, -0.15) is 0 Å². The normalized spacial score (nSPS) is 14.4. The molecular formula is C37H30Cl2N2O5S. The van der Waals surface area contributed by atoms with Gasteiger partial charge in [0.1, 0.15) is 18.1 Å². The quantitative estimate of drug-likeness (QED) is 0.145. The van der Waals surface area contributed by atoms with Gasteiger partial charge in [0.25, 0.3) is 5.56 Å². The van der Waals surface area contributed by atoms with E-state index in [1.807, 2.05) is 79.7 Å². The molecule has 0 N–H and O–H groups in total. The Morgan fingerprint density at radius 3 is 2.38 bits per heavy atom. The summed E-state index contributed by atoms with van der Waals surface area (Å²) in [6.07, 6.45) is 1.74. The van der Waals surface area contributed by atoms with Crippen LogP contribution in [0.1, 0.15) is 42.1 Å². The molecule has 0 fully saturated rings. The SMILES string of the molecule is CCOC(=O)C1=C(c2ccccc2)N=c2s/c(=C\c3cc(Cl)ccc3OCc3ccccc3Cl)c(=O)n2[C@@H]1c1ccc(OCC)cc1. The number of benzene rings is 4. The first kappa shape index (κ1) is 32.3. The van der Waals surface area contributed by atoms with Gasteiger partial charge >= 0.3 is 5.97 Å². The maximum Gasteiger partial charge on any atom is 0.338 e. The molecule has 238 valence electrons. The second-order valence-electron chi connectivity index (χ2n) is 10.5. The number of hydrogen-bond acceptors (Lipinski definition) is 7. The van der Waals surface area contributed by atoms with Crippen molar-refractivity contribution in [3.63, 3.8) is 0 Å². The number of hydrogen-bond donors (Lipinski definition) is 0. The first-order chi connectivity index (χ1) is 22.9. The molecule has 0 amide bonds. The van der Waals surface area contributed by atoms with Gasteiger partial charge in [0.05, 0.1) is 35.1 Å². The van der Waals surface area contributed by atoms with Gasteiger partial charge < -0.3 is 14.2 Å².